The van der Waals surface area contributed by atoms with Crippen LogP contribution < -0.4 is 10.6 Å². The molecule has 0 aliphatic heterocycles. The molecule has 1 rings (SSSR count). The molecule has 1 aromatic rings. The Bertz CT molecular complexity index is 373. The van der Waals surface area contributed by atoms with Crippen molar-refractivity contribution in [2.24, 2.45) is 11.7 Å². The van der Waals surface area contributed by atoms with Crippen molar-refractivity contribution in [2.45, 2.75) is 26.7 Å². The SMILES string of the molecule is CCCC(C)CN(C)c1cccc(C(=N)N)c1. The molecule has 0 amide bonds. The molecule has 1 atom stereocenters. The summed E-state index contributed by atoms with van der Waals surface area (Å²) in [6.07, 6.45) is 2.47. The van der Waals surface area contributed by atoms with Crippen molar-refractivity contribution in [3.8, 4) is 0 Å². The van der Waals surface area contributed by atoms with Gasteiger partial charge in [-0.15, -0.1) is 0 Å². The molecular formula is C14H23N3. The third-order valence-electron chi connectivity index (χ3n) is 2.96. The van der Waals surface area contributed by atoms with Gasteiger partial charge in [-0.1, -0.05) is 32.4 Å². The average Bonchev–Trinajstić information content (AvgIpc) is 2.29. The number of anilines is 1. The van der Waals surface area contributed by atoms with Crippen molar-refractivity contribution >= 4 is 11.5 Å². The number of nitrogens with one attached hydrogen (secondary N) is 1. The number of hydrogen-bond acceptors (Lipinski definition) is 2. The monoisotopic (exact) mass is 233 g/mol. The van der Waals surface area contributed by atoms with E-state index in [-0.39, 0.29) is 5.84 Å². The van der Waals surface area contributed by atoms with Crippen LogP contribution in [0.25, 0.3) is 0 Å². The third-order valence-corrected chi connectivity index (χ3v) is 2.96. The molecule has 0 aromatic heterocycles. The van der Waals surface area contributed by atoms with E-state index in [1.807, 2.05) is 18.2 Å². The molecule has 0 spiro atoms. The van der Waals surface area contributed by atoms with Gasteiger partial charge in [-0.05, 0) is 24.5 Å². The van der Waals surface area contributed by atoms with Crippen LogP contribution in [0, 0.1) is 11.3 Å². The molecule has 0 saturated heterocycles. The van der Waals surface area contributed by atoms with E-state index >= 15 is 0 Å². The van der Waals surface area contributed by atoms with Gasteiger partial charge in [0, 0.05) is 24.8 Å². The molecule has 1 aromatic carbocycles. The Morgan fingerprint density at radius 3 is 2.76 bits per heavy atom. The minimum Gasteiger partial charge on any atom is -0.384 e. The van der Waals surface area contributed by atoms with E-state index in [0.717, 1.165) is 17.8 Å². The molecule has 0 saturated carbocycles. The summed E-state index contributed by atoms with van der Waals surface area (Å²) in [7, 11) is 2.09. The van der Waals surface area contributed by atoms with Gasteiger partial charge in [-0.2, -0.15) is 0 Å². The van der Waals surface area contributed by atoms with E-state index in [1.54, 1.807) is 0 Å². The largest absolute Gasteiger partial charge is 0.384 e. The van der Waals surface area contributed by atoms with Gasteiger partial charge in [-0.25, -0.2) is 0 Å². The Hall–Kier alpha value is -1.51. The Labute approximate surface area is 104 Å². The Morgan fingerprint density at radius 2 is 2.18 bits per heavy atom. The topological polar surface area (TPSA) is 53.1 Å². The summed E-state index contributed by atoms with van der Waals surface area (Å²) in [5.74, 6) is 0.813. The summed E-state index contributed by atoms with van der Waals surface area (Å²) in [6, 6.07) is 7.86. The van der Waals surface area contributed by atoms with Crippen LogP contribution in [-0.2, 0) is 0 Å². The highest BCUT2D eigenvalue weighted by atomic mass is 15.1. The highest BCUT2D eigenvalue weighted by molar-refractivity contribution is 5.95. The molecule has 0 bridgehead atoms. The summed E-state index contributed by atoms with van der Waals surface area (Å²) >= 11 is 0. The number of nitrogens with zero attached hydrogens (tertiary/aromatic N) is 1. The van der Waals surface area contributed by atoms with Gasteiger partial charge in [-0.3, -0.25) is 5.41 Å². The fourth-order valence-corrected chi connectivity index (χ4v) is 2.07. The maximum atomic E-state index is 7.44. The van der Waals surface area contributed by atoms with Crippen molar-refractivity contribution in [3.63, 3.8) is 0 Å². The Kier molecular flexibility index (Phi) is 5.01. The fraction of sp³-hybridized carbons (Fsp3) is 0.500. The van der Waals surface area contributed by atoms with Gasteiger partial charge < -0.3 is 10.6 Å². The van der Waals surface area contributed by atoms with Crippen LogP contribution >= 0.6 is 0 Å². The predicted octanol–water partition coefficient (Wildman–Crippen LogP) is 2.84. The van der Waals surface area contributed by atoms with E-state index < -0.39 is 0 Å². The normalized spacial score (nSPS) is 12.2. The van der Waals surface area contributed by atoms with E-state index in [2.05, 4.69) is 31.9 Å². The van der Waals surface area contributed by atoms with Crippen LogP contribution in [0.15, 0.2) is 24.3 Å². The molecular weight excluding hydrogens is 210 g/mol. The molecule has 3 N–H and O–H groups in total. The lowest BCUT2D eigenvalue weighted by atomic mass is 10.1. The Morgan fingerprint density at radius 1 is 1.47 bits per heavy atom. The lowest BCUT2D eigenvalue weighted by Gasteiger charge is -2.23. The maximum Gasteiger partial charge on any atom is 0.122 e. The molecule has 3 heteroatoms. The van der Waals surface area contributed by atoms with Gasteiger partial charge in [0.1, 0.15) is 5.84 Å². The van der Waals surface area contributed by atoms with E-state index in [0.29, 0.717) is 5.92 Å². The number of benzene rings is 1. The molecule has 1 unspecified atom stereocenters. The standard InChI is InChI=1S/C14H23N3/c1-4-6-11(2)10-17(3)13-8-5-7-12(9-13)14(15)16/h5,7-9,11H,4,6,10H2,1-3H3,(H3,15,16). The minimum atomic E-state index is 0.127. The highest BCUT2D eigenvalue weighted by Crippen LogP contribution is 2.17. The zero-order valence-electron chi connectivity index (χ0n) is 11.0. The van der Waals surface area contributed by atoms with Gasteiger partial charge in [0.15, 0.2) is 0 Å². The predicted molar refractivity (Wildman–Crippen MR) is 74.8 cm³/mol. The van der Waals surface area contributed by atoms with Gasteiger partial charge in [0.25, 0.3) is 0 Å². The highest BCUT2D eigenvalue weighted by Gasteiger charge is 2.07. The van der Waals surface area contributed by atoms with Gasteiger partial charge in [0.05, 0.1) is 0 Å². The van der Waals surface area contributed by atoms with Crippen molar-refractivity contribution in [1.82, 2.24) is 0 Å². The Balaban J connectivity index is 2.71. The second-order valence-electron chi connectivity index (χ2n) is 4.74. The van der Waals surface area contributed by atoms with Gasteiger partial charge in [0.2, 0.25) is 0 Å². The number of nitrogens with two attached hydrogens (primary N) is 1. The lowest BCUT2D eigenvalue weighted by Crippen LogP contribution is -2.24. The summed E-state index contributed by atoms with van der Waals surface area (Å²) in [5, 5.41) is 7.44. The number of rotatable bonds is 6. The smallest absolute Gasteiger partial charge is 0.122 e. The van der Waals surface area contributed by atoms with Crippen LogP contribution in [0.4, 0.5) is 5.69 Å². The number of amidine groups is 1. The second kappa shape index (κ2) is 6.28. The van der Waals surface area contributed by atoms with E-state index in [9.17, 15) is 0 Å². The quantitative estimate of drug-likeness (QED) is 0.586. The minimum absolute atomic E-state index is 0.127. The molecule has 94 valence electrons. The van der Waals surface area contributed by atoms with Crippen molar-refractivity contribution in [3.05, 3.63) is 29.8 Å². The molecule has 0 heterocycles. The first-order valence-corrected chi connectivity index (χ1v) is 6.20. The van der Waals surface area contributed by atoms with Crippen LogP contribution in [0.5, 0.6) is 0 Å². The van der Waals surface area contributed by atoms with Crippen molar-refractivity contribution < 1.29 is 0 Å². The first-order chi connectivity index (χ1) is 8.04. The lowest BCUT2D eigenvalue weighted by molar-refractivity contribution is 0.524. The van der Waals surface area contributed by atoms with E-state index in [1.165, 1.54) is 12.8 Å². The molecule has 0 aliphatic carbocycles. The average molecular weight is 233 g/mol. The first-order valence-electron chi connectivity index (χ1n) is 6.20. The first kappa shape index (κ1) is 13.6. The molecule has 0 aliphatic rings. The van der Waals surface area contributed by atoms with Crippen LogP contribution in [-0.4, -0.2) is 19.4 Å². The number of nitrogen functional groups attached to an aromatic ring is 1. The zero-order chi connectivity index (χ0) is 12.8. The summed E-state index contributed by atoms with van der Waals surface area (Å²) in [6.45, 7) is 5.52. The molecule has 17 heavy (non-hydrogen) atoms. The molecule has 3 nitrogen and oxygen atoms in total. The molecule has 0 fully saturated rings. The summed E-state index contributed by atoms with van der Waals surface area (Å²) in [5.41, 5.74) is 7.41. The zero-order valence-corrected chi connectivity index (χ0v) is 11.0. The van der Waals surface area contributed by atoms with Gasteiger partial charge >= 0.3 is 0 Å². The summed E-state index contributed by atoms with van der Waals surface area (Å²) in [4.78, 5) is 2.23. The fourth-order valence-electron chi connectivity index (χ4n) is 2.07. The van der Waals surface area contributed by atoms with Crippen LogP contribution in [0.2, 0.25) is 0 Å². The molecule has 0 radical (unpaired) electrons. The number of hydrogen-bond donors (Lipinski definition) is 2. The second-order valence-corrected chi connectivity index (χ2v) is 4.74. The van der Waals surface area contributed by atoms with Crippen molar-refractivity contribution in [2.75, 3.05) is 18.5 Å². The maximum absolute atomic E-state index is 7.44. The van der Waals surface area contributed by atoms with Crippen molar-refractivity contribution in [1.29, 1.82) is 5.41 Å². The van der Waals surface area contributed by atoms with Crippen LogP contribution in [0.3, 0.4) is 0 Å². The van der Waals surface area contributed by atoms with E-state index in [4.69, 9.17) is 11.1 Å². The van der Waals surface area contributed by atoms with Crippen LogP contribution in [0.1, 0.15) is 32.3 Å². The third kappa shape index (κ3) is 4.10. The summed E-state index contributed by atoms with van der Waals surface area (Å²) < 4.78 is 0.